The Hall–Kier alpha value is -2.60. The third-order valence-electron chi connectivity index (χ3n) is 2.87. The summed E-state index contributed by atoms with van der Waals surface area (Å²) < 4.78 is 10.1. The molecule has 1 amide bonds. The average molecular weight is 337 g/mol. The van der Waals surface area contributed by atoms with Crippen LogP contribution in [0.15, 0.2) is 48.8 Å². The number of hydrogen-bond acceptors (Lipinski definition) is 5. The molecule has 2 aromatic rings. The smallest absolute Gasteiger partial charge is 0.338 e. The molecule has 1 N–H and O–H groups in total. The number of aromatic nitrogens is 1. The first kappa shape index (κ1) is 18.4. The number of hydrogen-bond donors (Lipinski definition) is 1. The first-order chi connectivity index (χ1) is 10.7. The Morgan fingerprint density at radius 3 is 2.48 bits per heavy atom. The summed E-state index contributed by atoms with van der Waals surface area (Å²) in [6.45, 7) is 0.326. The Labute approximate surface area is 140 Å². The lowest BCUT2D eigenvalue weighted by molar-refractivity contribution is 0.0503. The summed E-state index contributed by atoms with van der Waals surface area (Å²) in [5.74, 6) is -0.0350. The van der Waals surface area contributed by atoms with Gasteiger partial charge in [-0.15, -0.1) is 12.4 Å². The van der Waals surface area contributed by atoms with E-state index in [9.17, 15) is 9.59 Å². The van der Waals surface area contributed by atoms with E-state index in [4.69, 9.17) is 9.47 Å². The van der Waals surface area contributed by atoms with Crippen molar-refractivity contribution >= 4 is 24.3 Å². The number of methoxy groups -OCH3 is 1. The Bertz CT molecular complexity index is 632. The van der Waals surface area contributed by atoms with E-state index in [1.807, 2.05) is 0 Å². The highest BCUT2D eigenvalue weighted by atomic mass is 35.5. The van der Waals surface area contributed by atoms with Crippen molar-refractivity contribution in [1.82, 2.24) is 10.3 Å². The molecule has 0 saturated carbocycles. The minimum absolute atomic E-state index is 0. The molecule has 0 aliphatic rings. The largest absolute Gasteiger partial charge is 0.497 e. The molecule has 0 bridgehead atoms. The van der Waals surface area contributed by atoms with E-state index in [2.05, 4.69) is 10.3 Å². The van der Waals surface area contributed by atoms with Crippen LogP contribution >= 0.6 is 12.4 Å². The predicted octanol–water partition coefficient (Wildman–Crippen LogP) is 2.10. The SMILES string of the molecule is COc1ccc(C(=O)OCCNC(=O)c2cccnc2)cc1.Cl. The van der Waals surface area contributed by atoms with Crippen LogP contribution in [0, 0.1) is 0 Å². The van der Waals surface area contributed by atoms with Crippen LogP contribution in [0.5, 0.6) is 5.75 Å². The molecular weight excluding hydrogens is 320 g/mol. The summed E-state index contributed by atoms with van der Waals surface area (Å²) in [7, 11) is 1.55. The van der Waals surface area contributed by atoms with E-state index in [0.717, 1.165) is 0 Å². The van der Waals surface area contributed by atoms with E-state index in [-0.39, 0.29) is 31.5 Å². The minimum atomic E-state index is -0.446. The van der Waals surface area contributed by atoms with Crippen LogP contribution < -0.4 is 10.1 Å². The molecule has 7 heteroatoms. The van der Waals surface area contributed by atoms with E-state index in [0.29, 0.717) is 16.9 Å². The topological polar surface area (TPSA) is 77.5 Å². The van der Waals surface area contributed by atoms with Crippen LogP contribution in [0.2, 0.25) is 0 Å². The van der Waals surface area contributed by atoms with Crippen molar-refractivity contribution in [1.29, 1.82) is 0 Å². The summed E-state index contributed by atoms with van der Waals surface area (Å²) in [5, 5.41) is 2.65. The van der Waals surface area contributed by atoms with E-state index in [1.54, 1.807) is 49.7 Å². The fraction of sp³-hybridized carbons (Fsp3) is 0.188. The Morgan fingerprint density at radius 2 is 1.87 bits per heavy atom. The van der Waals surface area contributed by atoms with Gasteiger partial charge in [-0.1, -0.05) is 0 Å². The molecular formula is C16H17ClN2O4. The number of pyridine rings is 1. The minimum Gasteiger partial charge on any atom is -0.497 e. The maximum Gasteiger partial charge on any atom is 0.338 e. The van der Waals surface area contributed by atoms with E-state index >= 15 is 0 Å². The predicted molar refractivity (Wildman–Crippen MR) is 87.1 cm³/mol. The van der Waals surface area contributed by atoms with Crippen molar-refractivity contribution in [3.05, 3.63) is 59.9 Å². The third-order valence-corrected chi connectivity index (χ3v) is 2.87. The molecule has 0 spiro atoms. The van der Waals surface area contributed by atoms with Gasteiger partial charge in [-0.05, 0) is 36.4 Å². The Kier molecular flexibility index (Phi) is 7.56. The normalized spacial score (nSPS) is 9.43. The number of esters is 1. The molecule has 1 aromatic carbocycles. The maximum absolute atomic E-state index is 11.8. The number of benzene rings is 1. The van der Waals surface area contributed by atoms with Crippen molar-refractivity contribution in [3.63, 3.8) is 0 Å². The fourth-order valence-corrected chi connectivity index (χ4v) is 1.72. The fourth-order valence-electron chi connectivity index (χ4n) is 1.72. The molecule has 0 saturated heterocycles. The van der Waals surface area contributed by atoms with E-state index < -0.39 is 5.97 Å². The highest BCUT2D eigenvalue weighted by molar-refractivity contribution is 5.93. The number of ether oxygens (including phenoxy) is 2. The standard InChI is InChI=1S/C16H16N2O4.ClH/c1-21-14-6-4-12(5-7-14)16(20)22-10-9-18-15(19)13-3-2-8-17-11-13;/h2-8,11H,9-10H2,1H3,(H,18,19);1H. The number of carbonyl (C=O) groups is 2. The molecule has 6 nitrogen and oxygen atoms in total. The van der Waals surface area contributed by atoms with Gasteiger partial charge in [0, 0.05) is 12.4 Å². The van der Waals surface area contributed by atoms with Gasteiger partial charge >= 0.3 is 5.97 Å². The molecule has 2 rings (SSSR count). The number of nitrogens with zero attached hydrogens (tertiary/aromatic N) is 1. The highest BCUT2D eigenvalue weighted by Gasteiger charge is 2.08. The van der Waals surface area contributed by atoms with Gasteiger partial charge in [0.05, 0.1) is 24.8 Å². The average Bonchev–Trinajstić information content (AvgIpc) is 2.59. The summed E-state index contributed by atoms with van der Waals surface area (Å²) in [4.78, 5) is 27.4. The maximum atomic E-state index is 11.8. The van der Waals surface area contributed by atoms with Crippen LogP contribution in [0.1, 0.15) is 20.7 Å². The van der Waals surface area contributed by atoms with Crippen molar-refractivity contribution in [2.24, 2.45) is 0 Å². The molecule has 1 heterocycles. The van der Waals surface area contributed by atoms with Gasteiger partial charge in [-0.25, -0.2) is 4.79 Å². The Morgan fingerprint density at radius 1 is 1.13 bits per heavy atom. The first-order valence-electron chi connectivity index (χ1n) is 6.70. The van der Waals surface area contributed by atoms with Gasteiger partial charge in [0.15, 0.2) is 0 Å². The lowest BCUT2D eigenvalue weighted by atomic mass is 10.2. The molecule has 0 atom stereocenters. The molecule has 1 aromatic heterocycles. The zero-order valence-corrected chi connectivity index (χ0v) is 13.3. The molecule has 23 heavy (non-hydrogen) atoms. The summed E-state index contributed by atoms with van der Waals surface area (Å²) in [5.41, 5.74) is 0.892. The lowest BCUT2D eigenvalue weighted by Gasteiger charge is -2.07. The van der Waals surface area contributed by atoms with Crippen LogP contribution in [-0.4, -0.2) is 37.1 Å². The summed E-state index contributed by atoms with van der Waals surface area (Å²) >= 11 is 0. The lowest BCUT2D eigenvalue weighted by Crippen LogP contribution is -2.28. The number of nitrogens with one attached hydrogen (secondary N) is 1. The number of halogens is 1. The van der Waals surface area contributed by atoms with Crippen LogP contribution in [0.25, 0.3) is 0 Å². The Balaban J connectivity index is 0.00000264. The second-order valence-electron chi connectivity index (χ2n) is 4.36. The van der Waals surface area contributed by atoms with Crippen LogP contribution in [0.3, 0.4) is 0 Å². The van der Waals surface area contributed by atoms with Crippen molar-refractivity contribution in [3.8, 4) is 5.75 Å². The molecule has 0 aliphatic heterocycles. The van der Waals surface area contributed by atoms with Crippen molar-refractivity contribution in [2.75, 3.05) is 20.3 Å². The van der Waals surface area contributed by atoms with E-state index in [1.165, 1.54) is 6.20 Å². The summed E-state index contributed by atoms with van der Waals surface area (Å²) in [6, 6.07) is 9.94. The quantitative estimate of drug-likeness (QED) is 0.645. The van der Waals surface area contributed by atoms with Crippen LogP contribution in [-0.2, 0) is 4.74 Å². The number of rotatable bonds is 6. The van der Waals surface area contributed by atoms with Gasteiger partial charge in [-0.2, -0.15) is 0 Å². The zero-order valence-electron chi connectivity index (χ0n) is 12.5. The zero-order chi connectivity index (χ0) is 15.8. The second-order valence-corrected chi connectivity index (χ2v) is 4.36. The number of amides is 1. The first-order valence-corrected chi connectivity index (χ1v) is 6.70. The molecule has 0 unspecified atom stereocenters. The van der Waals surface area contributed by atoms with Crippen molar-refractivity contribution < 1.29 is 19.1 Å². The van der Waals surface area contributed by atoms with Gasteiger partial charge < -0.3 is 14.8 Å². The molecule has 0 aliphatic carbocycles. The van der Waals surface area contributed by atoms with Crippen LogP contribution in [0.4, 0.5) is 0 Å². The molecule has 0 fully saturated rings. The third kappa shape index (κ3) is 5.60. The van der Waals surface area contributed by atoms with Crippen molar-refractivity contribution in [2.45, 2.75) is 0 Å². The second kappa shape index (κ2) is 9.42. The molecule has 122 valence electrons. The van der Waals surface area contributed by atoms with Gasteiger partial charge in [0.2, 0.25) is 0 Å². The molecule has 0 radical (unpaired) electrons. The monoisotopic (exact) mass is 336 g/mol. The highest BCUT2D eigenvalue weighted by Crippen LogP contribution is 2.11. The van der Waals surface area contributed by atoms with Gasteiger partial charge in [0.25, 0.3) is 5.91 Å². The van der Waals surface area contributed by atoms with Gasteiger partial charge in [0.1, 0.15) is 12.4 Å². The van der Waals surface area contributed by atoms with Gasteiger partial charge in [-0.3, -0.25) is 9.78 Å². The number of carbonyl (C=O) groups excluding carboxylic acids is 2. The summed E-state index contributed by atoms with van der Waals surface area (Å²) in [6.07, 6.45) is 3.06.